The highest BCUT2D eigenvalue weighted by atomic mass is 32.2. The Morgan fingerprint density at radius 3 is 2.38 bits per heavy atom. The third kappa shape index (κ3) is 4.83. The van der Waals surface area contributed by atoms with Gasteiger partial charge in [0.2, 0.25) is 10.0 Å². The Kier molecular flexibility index (Phi) is 6.39. The Labute approximate surface area is 154 Å². The second-order valence-corrected chi connectivity index (χ2v) is 7.85. The highest BCUT2D eigenvalue weighted by Gasteiger charge is 2.20. The highest BCUT2D eigenvalue weighted by molar-refractivity contribution is 7.89. The molecule has 2 aromatic rings. The van der Waals surface area contributed by atoms with Crippen molar-refractivity contribution in [3.8, 4) is 5.75 Å². The van der Waals surface area contributed by atoms with Gasteiger partial charge in [-0.1, -0.05) is 17.7 Å². The Balaban J connectivity index is 1.99. The van der Waals surface area contributed by atoms with E-state index in [2.05, 4.69) is 10.0 Å². The number of aryl methyl sites for hydroxylation is 3. The number of rotatable bonds is 7. The molecule has 0 aromatic heterocycles. The molecule has 0 radical (unpaired) electrons. The van der Waals surface area contributed by atoms with Crippen molar-refractivity contribution in [3.63, 3.8) is 0 Å². The fraction of sp³-hybridized carbons (Fsp3) is 0.316. The monoisotopic (exact) mass is 376 g/mol. The zero-order chi connectivity index (χ0) is 19.3. The summed E-state index contributed by atoms with van der Waals surface area (Å²) < 4.78 is 32.7. The molecule has 2 aromatic carbocycles. The molecule has 140 valence electrons. The smallest absolute Gasteiger partial charge is 0.251 e. The van der Waals surface area contributed by atoms with Crippen molar-refractivity contribution >= 4 is 15.9 Å². The molecule has 2 N–H and O–H groups in total. The van der Waals surface area contributed by atoms with Crippen LogP contribution in [0.25, 0.3) is 0 Å². The number of nitrogens with one attached hydrogen (secondary N) is 2. The van der Waals surface area contributed by atoms with E-state index in [1.54, 1.807) is 30.3 Å². The summed E-state index contributed by atoms with van der Waals surface area (Å²) in [6.45, 7) is 5.90. The molecule has 0 fully saturated rings. The van der Waals surface area contributed by atoms with Crippen molar-refractivity contribution in [2.24, 2.45) is 0 Å². The van der Waals surface area contributed by atoms with Crippen molar-refractivity contribution in [2.45, 2.75) is 25.7 Å². The number of benzene rings is 2. The molecule has 0 saturated carbocycles. The van der Waals surface area contributed by atoms with Gasteiger partial charge in [-0.15, -0.1) is 0 Å². The molecule has 0 aliphatic carbocycles. The summed E-state index contributed by atoms with van der Waals surface area (Å²) in [6, 6.07) is 10.5. The van der Waals surface area contributed by atoms with Crippen LogP contribution in [0.3, 0.4) is 0 Å². The number of carbonyl (C=O) groups excluding carboxylic acids is 1. The minimum Gasteiger partial charge on any atom is -0.495 e. The van der Waals surface area contributed by atoms with Gasteiger partial charge >= 0.3 is 0 Å². The van der Waals surface area contributed by atoms with Gasteiger partial charge in [-0.25, -0.2) is 13.1 Å². The summed E-state index contributed by atoms with van der Waals surface area (Å²) in [4.78, 5) is 12.2. The largest absolute Gasteiger partial charge is 0.495 e. The third-order valence-electron chi connectivity index (χ3n) is 4.05. The molecule has 26 heavy (non-hydrogen) atoms. The lowest BCUT2D eigenvalue weighted by atomic mass is 10.1. The van der Waals surface area contributed by atoms with E-state index in [1.807, 2.05) is 26.8 Å². The number of methoxy groups -OCH3 is 1. The fourth-order valence-corrected chi connectivity index (χ4v) is 3.73. The van der Waals surface area contributed by atoms with Crippen LogP contribution in [0.4, 0.5) is 0 Å². The fourth-order valence-electron chi connectivity index (χ4n) is 2.46. The van der Waals surface area contributed by atoms with Gasteiger partial charge in [-0.3, -0.25) is 4.79 Å². The Morgan fingerprint density at radius 2 is 1.73 bits per heavy atom. The van der Waals surface area contributed by atoms with E-state index < -0.39 is 10.0 Å². The van der Waals surface area contributed by atoms with Crippen LogP contribution in [-0.4, -0.2) is 34.5 Å². The SMILES string of the molecule is COc1cc(C)c(C)cc1S(=O)(=O)NCCNC(=O)c1cccc(C)c1. The van der Waals surface area contributed by atoms with Crippen molar-refractivity contribution in [1.82, 2.24) is 10.0 Å². The van der Waals surface area contributed by atoms with Crippen LogP contribution in [0.2, 0.25) is 0 Å². The van der Waals surface area contributed by atoms with E-state index in [4.69, 9.17) is 4.74 Å². The summed E-state index contributed by atoms with van der Waals surface area (Å²) >= 11 is 0. The van der Waals surface area contributed by atoms with Crippen LogP contribution in [0.5, 0.6) is 5.75 Å². The molecule has 7 heteroatoms. The molecule has 6 nitrogen and oxygen atoms in total. The first-order valence-corrected chi connectivity index (χ1v) is 9.72. The second-order valence-electron chi connectivity index (χ2n) is 6.11. The van der Waals surface area contributed by atoms with Crippen LogP contribution in [0, 0.1) is 20.8 Å². The van der Waals surface area contributed by atoms with Crippen molar-refractivity contribution in [1.29, 1.82) is 0 Å². The maximum absolute atomic E-state index is 12.5. The standard InChI is InChI=1S/C19H24N2O4S/c1-13-6-5-7-16(10-13)19(22)20-8-9-21-26(23,24)18-12-15(3)14(2)11-17(18)25-4/h5-7,10-12,21H,8-9H2,1-4H3,(H,20,22). The van der Waals surface area contributed by atoms with Crippen molar-refractivity contribution in [3.05, 3.63) is 58.7 Å². The van der Waals surface area contributed by atoms with Crippen LogP contribution in [0.15, 0.2) is 41.3 Å². The first-order valence-electron chi connectivity index (χ1n) is 8.24. The van der Waals surface area contributed by atoms with Gasteiger partial charge in [0.15, 0.2) is 0 Å². The third-order valence-corrected chi connectivity index (χ3v) is 5.53. The van der Waals surface area contributed by atoms with Crippen LogP contribution in [-0.2, 0) is 10.0 Å². The number of hydrogen-bond acceptors (Lipinski definition) is 4. The summed E-state index contributed by atoms with van der Waals surface area (Å²) in [5.74, 6) is 0.0565. The lowest BCUT2D eigenvalue weighted by Crippen LogP contribution is -2.34. The molecule has 0 atom stereocenters. The number of sulfonamides is 1. The summed E-state index contributed by atoms with van der Waals surface area (Å²) in [6.07, 6.45) is 0. The number of amides is 1. The maximum Gasteiger partial charge on any atom is 0.251 e. The topological polar surface area (TPSA) is 84.5 Å². The molecule has 0 aliphatic heterocycles. The molecule has 0 heterocycles. The average molecular weight is 376 g/mol. The quantitative estimate of drug-likeness (QED) is 0.727. The van der Waals surface area contributed by atoms with Crippen LogP contribution < -0.4 is 14.8 Å². The molecule has 0 spiro atoms. The zero-order valence-corrected chi connectivity index (χ0v) is 16.2. The van der Waals surface area contributed by atoms with Gasteiger partial charge < -0.3 is 10.1 Å². The van der Waals surface area contributed by atoms with E-state index >= 15 is 0 Å². The minimum atomic E-state index is -3.74. The van der Waals surface area contributed by atoms with E-state index in [9.17, 15) is 13.2 Å². The molecule has 0 aliphatic rings. The van der Waals surface area contributed by atoms with E-state index in [1.165, 1.54) is 7.11 Å². The summed E-state index contributed by atoms with van der Waals surface area (Å²) in [7, 11) is -2.30. The van der Waals surface area contributed by atoms with Crippen molar-refractivity contribution < 1.29 is 17.9 Å². The predicted molar refractivity (Wildman–Crippen MR) is 101 cm³/mol. The van der Waals surface area contributed by atoms with Crippen LogP contribution >= 0.6 is 0 Å². The summed E-state index contributed by atoms with van der Waals surface area (Å²) in [5, 5.41) is 2.70. The Morgan fingerprint density at radius 1 is 1.04 bits per heavy atom. The Bertz CT molecular complexity index is 908. The van der Waals surface area contributed by atoms with Gasteiger partial charge in [0.25, 0.3) is 5.91 Å². The molecule has 0 unspecified atom stereocenters. The first-order chi connectivity index (χ1) is 12.2. The number of hydrogen-bond donors (Lipinski definition) is 2. The first kappa shape index (κ1) is 19.9. The van der Waals surface area contributed by atoms with Gasteiger partial charge in [-0.2, -0.15) is 0 Å². The van der Waals surface area contributed by atoms with Gasteiger partial charge in [0.1, 0.15) is 10.6 Å². The zero-order valence-electron chi connectivity index (χ0n) is 15.4. The predicted octanol–water partition coefficient (Wildman–Crippen LogP) is 2.33. The normalized spacial score (nSPS) is 11.2. The second kappa shape index (κ2) is 8.33. The molecular weight excluding hydrogens is 352 g/mol. The number of ether oxygens (including phenoxy) is 1. The maximum atomic E-state index is 12.5. The lowest BCUT2D eigenvalue weighted by molar-refractivity contribution is 0.0954. The van der Waals surface area contributed by atoms with E-state index in [0.717, 1.165) is 16.7 Å². The molecule has 2 rings (SSSR count). The molecule has 0 bridgehead atoms. The van der Waals surface area contributed by atoms with E-state index in [0.29, 0.717) is 11.3 Å². The van der Waals surface area contributed by atoms with Crippen LogP contribution in [0.1, 0.15) is 27.0 Å². The molecule has 1 amide bonds. The van der Waals surface area contributed by atoms with Gasteiger partial charge in [-0.05, 0) is 56.2 Å². The van der Waals surface area contributed by atoms with Crippen molar-refractivity contribution in [2.75, 3.05) is 20.2 Å². The van der Waals surface area contributed by atoms with Gasteiger partial charge in [0.05, 0.1) is 7.11 Å². The van der Waals surface area contributed by atoms with Gasteiger partial charge in [0, 0.05) is 18.7 Å². The Hall–Kier alpha value is -2.38. The average Bonchev–Trinajstić information content (AvgIpc) is 2.60. The minimum absolute atomic E-state index is 0.0793. The molecular formula is C19H24N2O4S. The number of carbonyl (C=O) groups is 1. The molecule has 0 saturated heterocycles. The summed E-state index contributed by atoms with van der Waals surface area (Å²) in [5.41, 5.74) is 3.34. The van der Waals surface area contributed by atoms with E-state index in [-0.39, 0.29) is 23.9 Å². The lowest BCUT2D eigenvalue weighted by Gasteiger charge is -2.13. The highest BCUT2D eigenvalue weighted by Crippen LogP contribution is 2.26.